The lowest BCUT2D eigenvalue weighted by Crippen LogP contribution is -2.22. The largest absolute Gasteiger partial charge is 0.489 e. The van der Waals surface area contributed by atoms with Gasteiger partial charge in [0.25, 0.3) is 5.91 Å². The Morgan fingerprint density at radius 2 is 2.04 bits per heavy atom. The molecule has 4 heteroatoms. The third-order valence-electron chi connectivity index (χ3n) is 3.45. The van der Waals surface area contributed by atoms with Gasteiger partial charge < -0.3 is 14.5 Å². The van der Waals surface area contributed by atoms with E-state index in [4.69, 9.17) is 9.15 Å². The van der Waals surface area contributed by atoms with Gasteiger partial charge in [-0.3, -0.25) is 4.79 Å². The minimum absolute atomic E-state index is 0.171. The predicted molar refractivity (Wildman–Crippen MR) is 89.5 cm³/mol. The molecule has 0 aliphatic heterocycles. The molecular weight excluding hydrogens is 290 g/mol. The molecule has 1 heterocycles. The van der Waals surface area contributed by atoms with Crippen LogP contribution in [0.5, 0.6) is 5.75 Å². The molecule has 23 heavy (non-hydrogen) atoms. The van der Waals surface area contributed by atoms with Gasteiger partial charge >= 0.3 is 0 Å². The van der Waals surface area contributed by atoms with E-state index in [9.17, 15) is 4.79 Å². The molecule has 2 aromatic carbocycles. The number of fused-ring (bicyclic) bond motifs is 1. The molecule has 1 N–H and O–H groups in total. The number of ether oxygens (including phenoxy) is 1. The van der Waals surface area contributed by atoms with Crippen molar-refractivity contribution in [3.8, 4) is 5.75 Å². The zero-order chi connectivity index (χ0) is 16.1. The highest BCUT2D eigenvalue weighted by Gasteiger charge is 2.13. The van der Waals surface area contributed by atoms with Gasteiger partial charge in [-0.1, -0.05) is 43.0 Å². The average molecular weight is 307 g/mol. The van der Waals surface area contributed by atoms with E-state index < -0.39 is 0 Å². The Morgan fingerprint density at radius 1 is 1.22 bits per heavy atom. The topological polar surface area (TPSA) is 51.5 Å². The van der Waals surface area contributed by atoms with E-state index in [1.807, 2.05) is 36.4 Å². The van der Waals surface area contributed by atoms with E-state index in [-0.39, 0.29) is 5.91 Å². The molecule has 3 rings (SSSR count). The number of rotatable bonds is 6. The van der Waals surface area contributed by atoms with Gasteiger partial charge in [0.1, 0.15) is 17.9 Å². The van der Waals surface area contributed by atoms with Gasteiger partial charge in [0.05, 0.1) is 11.6 Å². The summed E-state index contributed by atoms with van der Waals surface area (Å²) in [5.74, 6) is 0.441. The van der Waals surface area contributed by atoms with Gasteiger partial charge in [-0.05, 0) is 23.8 Å². The van der Waals surface area contributed by atoms with Crippen LogP contribution >= 0.6 is 0 Å². The second kappa shape index (κ2) is 6.83. The van der Waals surface area contributed by atoms with E-state index in [1.165, 1.54) is 0 Å². The summed E-state index contributed by atoms with van der Waals surface area (Å²) in [5.41, 5.74) is 2.17. The number of furan rings is 1. The van der Waals surface area contributed by atoms with Crippen molar-refractivity contribution in [1.82, 2.24) is 5.32 Å². The monoisotopic (exact) mass is 307 g/mol. The molecular formula is C19H17NO3. The SMILES string of the molecule is C=CCOc1cc(C(=O)NCc2ccccc2)cc2occc12. The molecule has 0 aliphatic carbocycles. The van der Waals surface area contributed by atoms with Crippen molar-refractivity contribution in [2.45, 2.75) is 6.54 Å². The van der Waals surface area contributed by atoms with Gasteiger partial charge in [0, 0.05) is 12.1 Å². The van der Waals surface area contributed by atoms with Crippen molar-refractivity contribution in [2.75, 3.05) is 6.61 Å². The van der Waals surface area contributed by atoms with Crippen LogP contribution in [-0.2, 0) is 6.54 Å². The number of carbonyl (C=O) groups is 1. The van der Waals surface area contributed by atoms with Crippen LogP contribution in [0.15, 0.2) is 71.9 Å². The predicted octanol–water partition coefficient (Wildman–Crippen LogP) is 3.93. The fraction of sp³-hybridized carbons (Fsp3) is 0.105. The average Bonchev–Trinajstić information content (AvgIpc) is 3.07. The molecule has 0 saturated carbocycles. The summed E-state index contributed by atoms with van der Waals surface area (Å²) in [6, 6.07) is 15.0. The molecule has 116 valence electrons. The van der Waals surface area contributed by atoms with Crippen molar-refractivity contribution >= 4 is 16.9 Å². The first kappa shape index (κ1) is 14.9. The zero-order valence-corrected chi connectivity index (χ0v) is 12.6. The van der Waals surface area contributed by atoms with Crippen molar-refractivity contribution in [1.29, 1.82) is 0 Å². The third kappa shape index (κ3) is 3.43. The molecule has 0 bridgehead atoms. The Bertz CT molecular complexity index is 821. The molecule has 3 aromatic rings. The van der Waals surface area contributed by atoms with E-state index >= 15 is 0 Å². The smallest absolute Gasteiger partial charge is 0.251 e. The standard InChI is InChI=1S/C19H17NO3/c1-2-9-22-17-11-15(12-18-16(17)8-10-23-18)19(21)20-13-14-6-4-3-5-7-14/h2-8,10-12H,1,9,13H2,(H,20,21). The highest BCUT2D eigenvalue weighted by Crippen LogP contribution is 2.28. The number of hydrogen-bond acceptors (Lipinski definition) is 3. The van der Waals surface area contributed by atoms with Gasteiger partial charge in [0.2, 0.25) is 0 Å². The van der Waals surface area contributed by atoms with Crippen LogP contribution in [-0.4, -0.2) is 12.5 Å². The zero-order valence-electron chi connectivity index (χ0n) is 12.6. The molecule has 1 amide bonds. The van der Waals surface area contributed by atoms with Crippen molar-refractivity contribution < 1.29 is 13.9 Å². The van der Waals surface area contributed by atoms with Crippen molar-refractivity contribution in [2.24, 2.45) is 0 Å². The fourth-order valence-electron chi connectivity index (χ4n) is 2.32. The maximum atomic E-state index is 12.4. The molecule has 4 nitrogen and oxygen atoms in total. The van der Waals surface area contributed by atoms with Crippen LogP contribution < -0.4 is 10.1 Å². The molecule has 0 atom stereocenters. The third-order valence-corrected chi connectivity index (χ3v) is 3.45. The maximum absolute atomic E-state index is 12.4. The van der Waals surface area contributed by atoms with Crippen LogP contribution in [0.1, 0.15) is 15.9 Å². The minimum Gasteiger partial charge on any atom is -0.489 e. The Hall–Kier alpha value is -3.01. The van der Waals surface area contributed by atoms with Crippen molar-refractivity contribution in [3.63, 3.8) is 0 Å². The normalized spacial score (nSPS) is 10.4. The summed E-state index contributed by atoms with van der Waals surface area (Å²) >= 11 is 0. The van der Waals surface area contributed by atoms with E-state index in [1.54, 1.807) is 24.5 Å². The van der Waals surface area contributed by atoms with Gasteiger partial charge in [0.15, 0.2) is 0 Å². The number of benzene rings is 2. The molecule has 0 unspecified atom stereocenters. The first-order chi connectivity index (χ1) is 11.3. The van der Waals surface area contributed by atoms with Gasteiger partial charge in [-0.15, -0.1) is 0 Å². The Kier molecular flexibility index (Phi) is 4.43. The van der Waals surface area contributed by atoms with Crippen LogP contribution in [0.4, 0.5) is 0 Å². The summed E-state index contributed by atoms with van der Waals surface area (Å²) in [6.45, 7) is 4.48. The Morgan fingerprint density at radius 3 is 2.83 bits per heavy atom. The highest BCUT2D eigenvalue weighted by atomic mass is 16.5. The fourth-order valence-corrected chi connectivity index (χ4v) is 2.32. The minimum atomic E-state index is -0.171. The second-order valence-corrected chi connectivity index (χ2v) is 5.07. The van der Waals surface area contributed by atoms with Crippen molar-refractivity contribution in [3.05, 3.63) is 78.6 Å². The van der Waals surface area contributed by atoms with Gasteiger partial charge in [-0.2, -0.15) is 0 Å². The quantitative estimate of drug-likeness (QED) is 0.702. The molecule has 0 spiro atoms. The van der Waals surface area contributed by atoms with E-state index in [2.05, 4.69) is 11.9 Å². The highest BCUT2D eigenvalue weighted by molar-refractivity contribution is 5.99. The molecule has 0 fully saturated rings. The summed E-state index contributed by atoms with van der Waals surface area (Å²) in [7, 11) is 0. The van der Waals surface area contributed by atoms with Crippen LogP contribution in [0.25, 0.3) is 11.0 Å². The summed E-state index contributed by atoms with van der Waals surface area (Å²) < 4.78 is 11.0. The summed E-state index contributed by atoms with van der Waals surface area (Å²) in [4.78, 5) is 12.4. The number of nitrogens with one attached hydrogen (secondary N) is 1. The molecule has 0 radical (unpaired) electrons. The first-order valence-corrected chi connectivity index (χ1v) is 7.35. The maximum Gasteiger partial charge on any atom is 0.251 e. The Labute approximate surface area is 134 Å². The van der Waals surface area contributed by atoms with Gasteiger partial charge in [-0.25, -0.2) is 0 Å². The Balaban J connectivity index is 1.80. The molecule has 0 aliphatic rings. The lowest BCUT2D eigenvalue weighted by atomic mass is 10.1. The summed E-state index contributed by atoms with van der Waals surface area (Å²) in [6.07, 6.45) is 3.24. The van der Waals surface area contributed by atoms with E-state index in [0.717, 1.165) is 10.9 Å². The second-order valence-electron chi connectivity index (χ2n) is 5.07. The van der Waals surface area contributed by atoms with Crippen LogP contribution in [0.3, 0.4) is 0 Å². The molecule has 1 aromatic heterocycles. The number of hydrogen-bond donors (Lipinski definition) is 1. The lowest BCUT2D eigenvalue weighted by Gasteiger charge is -2.09. The summed E-state index contributed by atoms with van der Waals surface area (Å²) in [5, 5.41) is 3.74. The molecule has 0 saturated heterocycles. The van der Waals surface area contributed by atoms with Crippen LogP contribution in [0.2, 0.25) is 0 Å². The number of carbonyl (C=O) groups excluding carboxylic acids is 1. The van der Waals surface area contributed by atoms with E-state index in [0.29, 0.717) is 30.0 Å². The van der Waals surface area contributed by atoms with Crippen LogP contribution in [0, 0.1) is 0 Å². The lowest BCUT2D eigenvalue weighted by molar-refractivity contribution is 0.0950. The first-order valence-electron chi connectivity index (χ1n) is 7.35. The number of amides is 1.